The molecule has 0 aromatic heterocycles. The van der Waals surface area contributed by atoms with Crippen molar-refractivity contribution in [3.63, 3.8) is 0 Å². The van der Waals surface area contributed by atoms with E-state index >= 15 is 0 Å². The number of hydrogen-bond acceptors (Lipinski definition) is 5. The van der Waals surface area contributed by atoms with Gasteiger partial charge in [-0.15, -0.1) is 11.8 Å². The lowest BCUT2D eigenvalue weighted by atomic mass is 10.2. The molecule has 0 aliphatic carbocycles. The summed E-state index contributed by atoms with van der Waals surface area (Å²) in [6.07, 6.45) is 1.61. The van der Waals surface area contributed by atoms with Crippen molar-refractivity contribution in [3.8, 4) is 11.5 Å². The highest BCUT2D eigenvalue weighted by molar-refractivity contribution is 14.1. The summed E-state index contributed by atoms with van der Waals surface area (Å²) in [6, 6.07) is 23.4. The number of halogens is 1. The summed E-state index contributed by atoms with van der Waals surface area (Å²) < 4.78 is 12.1. The third-order valence-corrected chi connectivity index (χ3v) is 5.76. The molecule has 0 spiro atoms. The number of benzene rings is 3. The van der Waals surface area contributed by atoms with Gasteiger partial charge < -0.3 is 9.47 Å². The molecule has 0 heterocycles. The Kier molecular flexibility index (Phi) is 8.58. The number of thioether (sulfide) groups is 1. The van der Waals surface area contributed by atoms with E-state index in [2.05, 4.69) is 57.4 Å². The van der Waals surface area contributed by atoms with E-state index in [9.17, 15) is 4.79 Å². The molecule has 0 radical (unpaired) electrons. The summed E-state index contributed by atoms with van der Waals surface area (Å²) in [7, 11) is 1.62. The van der Waals surface area contributed by atoms with Crippen LogP contribution < -0.4 is 14.9 Å². The van der Waals surface area contributed by atoms with E-state index in [1.807, 2.05) is 48.5 Å². The fraction of sp³-hybridized carbons (Fsp3) is 0.130. The molecule has 0 fully saturated rings. The van der Waals surface area contributed by atoms with Gasteiger partial charge in [0.15, 0.2) is 0 Å². The maximum atomic E-state index is 11.9. The first-order valence-electron chi connectivity index (χ1n) is 9.18. The molecular formula is C23H21IN2O3S. The smallest absolute Gasteiger partial charge is 0.250 e. The monoisotopic (exact) mass is 532 g/mol. The number of ether oxygens (including phenoxy) is 2. The van der Waals surface area contributed by atoms with Gasteiger partial charge in [0, 0.05) is 8.47 Å². The standard InChI is InChI=1S/C23H21IN2O3S/c1-28-20-10-12-22(13-11-20)30-16-23(27)26-25-14-17-4-8-21(9-5-17)29-15-18-2-6-19(24)7-3-18/h2-14H,15-16H2,1H3,(H,26,27)/b25-14+. The van der Waals surface area contributed by atoms with Crippen molar-refractivity contribution in [1.82, 2.24) is 5.43 Å². The number of nitrogens with zero attached hydrogens (tertiary/aromatic N) is 1. The Bertz CT molecular complexity index is 975. The minimum Gasteiger partial charge on any atom is -0.497 e. The molecule has 0 saturated carbocycles. The highest BCUT2D eigenvalue weighted by Crippen LogP contribution is 2.21. The average Bonchev–Trinajstić information content (AvgIpc) is 2.78. The van der Waals surface area contributed by atoms with Gasteiger partial charge in [0.1, 0.15) is 18.1 Å². The van der Waals surface area contributed by atoms with Crippen molar-refractivity contribution in [2.75, 3.05) is 12.9 Å². The largest absolute Gasteiger partial charge is 0.497 e. The normalized spacial score (nSPS) is 10.7. The highest BCUT2D eigenvalue weighted by Gasteiger charge is 2.02. The Morgan fingerprint density at radius 3 is 2.33 bits per heavy atom. The van der Waals surface area contributed by atoms with Crippen molar-refractivity contribution < 1.29 is 14.3 Å². The maximum Gasteiger partial charge on any atom is 0.250 e. The van der Waals surface area contributed by atoms with Crippen LogP contribution in [0.2, 0.25) is 0 Å². The van der Waals surface area contributed by atoms with Crippen LogP contribution in [-0.4, -0.2) is 25.0 Å². The van der Waals surface area contributed by atoms with Gasteiger partial charge in [-0.3, -0.25) is 4.79 Å². The van der Waals surface area contributed by atoms with Gasteiger partial charge >= 0.3 is 0 Å². The zero-order valence-electron chi connectivity index (χ0n) is 16.4. The Balaban J connectivity index is 1.40. The zero-order chi connectivity index (χ0) is 21.2. The average molecular weight is 532 g/mol. The van der Waals surface area contributed by atoms with Crippen molar-refractivity contribution in [1.29, 1.82) is 0 Å². The van der Waals surface area contributed by atoms with Crippen molar-refractivity contribution in [2.24, 2.45) is 5.10 Å². The van der Waals surface area contributed by atoms with Gasteiger partial charge in [-0.2, -0.15) is 5.10 Å². The summed E-state index contributed by atoms with van der Waals surface area (Å²) in [4.78, 5) is 12.9. The third kappa shape index (κ3) is 7.38. The SMILES string of the molecule is COc1ccc(SCC(=O)N/N=C/c2ccc(OCc3ccc(I)cc3)cc2)cc1. The van der Waals surface area contributed by atoms with E-state index in [0.717, 1.165) is 27.5 Å². The molecule has 0 aliphatic rings. The maximum absolute atomic E-state index is 11.9. The summed E-state index contributed by atoms with van der Waals surface area (Å²) in [5.41, 5.74) is 4.54. The van der Waals surface area contributed by atoms with Crippen LogP contribution in [0.5, 0.6) is 11.5 Å². The molecular weight excluding hydrogens is 511 g/mol. The predicted octanol–water partition coefficient (Wildman–Crippen LogP) is 5.12. The molecule has 0 bridgehead atoms. The van der Waals surface area contributed by atoms with Crippen LogP contribution in [0.1, 0.15) is 11.1 Å². The molecule has 0 aliphatic heterocycles. The molecule has 3 aromatic carbocycles. The minimum absolute atomic E-state index is 0.162. The number of nitrogens with one attached hydrogen (secondary N) is 1. The second kappa shape index (κ2) is 11.6. The van der Waals surface area contributed by atoms with Gasteiger partial charge in [-0.25, -0.2) is 5.43 Å². The molecule has 7 heteroatoms. The number of hydrogen-bond donors (Lipinski definition) is 1. The Morgan fingerprint density at radius 1 is 1.00 bits per heavy atom. The quantitative estimate of drug-likeness (QED) is 0.180. The van der Waals surface area contributed by atoms with E-state index in [1.54, 1.807) is 13.3 Å². The number of carbonyl (C=O) groups is 1. The summed E-state index contributed by atoms with van der Waals surface area (Å²) in [5, 5.41) is 4.01. The molecule has 0 saturated heterocycles. The van der Waals surface area contributed by atoms with E-state index in [4.69, 9.17) is 9.47 Å². The molecule has 3 rings (SSSR count). The van der Waals surface area contributed by atoms with Crippen LogP contribution in [0.15, 0.2) is 82.8 Å². The molecule has 0 unspecified atom stereocenters. The molecule has 30 heavy (non-hydrogen) atoms. The van der Waals surface area contributed by atoms with Crippen LogP contribution >= 0.6 is 34.4 Å². The first-order chi connectivity index (χ1) is 14.6. The summed E-state index contributed by atoms with van der Waals surface area (Å²) in [5.74, 6) is 1.70. The van der Waals surface area contributed by atoms with Crippen LogP contribution in [0.3, 0.4) is 0 Å². The van der Waals surface area contributed by atoms with Crippen molar-refractivity contribution in [3.05, 3.63) is 87.5 Å². The Labute approximate surface area is 194 Å². The van der Waals surface area contributed by atoms with Gasteiger partial charge in [-0.1, -0.05) is 12.1 Å². The van der Waals surface area contributed by atoms with Crippen molar-refractivity contribution in [2.45, 2.75) is 11.5 Å². The van der Waals surface area contributed by atoms with Crippen molar-refractivity contribution >= 4 is 46.5 Å². The fourth-order valence-electron chi connectivity index (χ4n) is 2.43. The molecule has 5 nitrogen and oxygen atoms in total. The van der Waals surface area contributed by atoms with Crippen LogP contribution in [0.4, 0.5) is 0 Å². The topological polar surface area (TPSA) is 59.9 Å². The van der Waals surface area contributed by atoms with Crippen LogP contribution in [0, 0.1) is 3.57 Å². The number of amides is 1. The number of hydrazone groups is 1. The van der Waals surface area contributed by atoms with Gasteiger partial charge in [0.05, 0.1) is 19.1 Å². The highest BCUT2D eigenvalue weighted by atomic mass is 127. The van der Waals surface area contributed by atoms with Crippen LogP contribution in [0.25, 0.3) is 0 Å². The zero-order valence-corrected chi connectivity index (χ0v) is 19.4. The van der Waals surface area contributed by atoms with E-state index in [0.29, 0.717) is 6.61 Å². The summed E-state index contributed by atoms with van der Waals surface area (Å²) in [6.45, 7) is 0.520. The number of methoxy groups -OCH3 is 1. The molecule has 1 N–H and O–H groups in total. The lowest BCUT2D eigenvalue weighted by Crippen LogP contribution is -2.19. The van der Waals surface area contributed by atoms with E-state index in [1.165, 1.54) is 15.3 Å². The fourth-order valence-corrected chi connectivity index (χ4v) is 3.48. The van der Waals surface area contributed by atoms with Gasteiger partial charge in [0.25, 0.3) is 0 Å². The first-order valence-corrected chi connectivity index (χ1v) is 11.2. The minimum atomic E-state index is -0.162. The molecule has 1 amide bonds. The predicted molar refractivity (Wildman–Crippen MR) is 129 cm³/mol. The third-order valence-electron chi connectivity index (χ3n) is 4.03. The second-order valence-corrected chi connectivity index (χ2v) is 8.54. The first kappa shape index (κ1) is 22.2. The van der Waals surface area contributed by atoms with Gasteiger partial charge in [-0.05, 0) is 94.4 Å². The van der Waals surface area contributed by atoms with Gasteiger partial charge in [0.2, 0.25) is 5.91 Å². The van der Waals surface area contributed by atoms with Crippen LogP contribution in [-0.2, 0) is 11.4 Å². The van der Waals surface area contributed by atoms with E-state index < -0.39 is 0 Å². The number of carbonyl (C=O) groups excluding carboxylic acids is 1. The molecule has 3 aromatic rings. The molecule has 0 atom stereocenters. The van der Waals surface area contributed by atoms with E-state index in [-0.39, 0.29) is 11.7 Å². The second-order valence-electron chi connectivity index (χ2n) is 6.24. The summed E-state index contributed by atoms with van der Waals surface area (Å²) >= 11 is 3.72. The Hall–Kier alpha value is -2.52. The number of rotatable bonds is 9. The molecule has 154 valence electrons. The Morgan fingerprint density at radius 2 is 1.67 bits per heavy atom. The lowest BCUT2D eigenvalue weighted by molar-refractivity contribution is -0.118. The lowest BCUT2D eigenvalue weighted by Gasteiger charge is -2.06.